The van der Waals surface area contributed by atoms with E-state index in [2.05, 4.69) is 27.8 Å². The van der Waals surface area contributed by atoms with E-state index in [0.717, 1.165) is 10.0 Å². The Morgan fingerprint density at radius 2 is 2.23 bits per heavy atom. The third kappa shape index (κ3) is 3.40. The van der Waals surface area contributed by atoms with Crippen LogP contribution in [0.1, 0.15) is 12.0 Å². The Hall–Kier alpha value is -0.490. The number of hydrogen-bond acceptors (Lipinski definition) is 1. The summed E-state index contributed by atoms with van der Waals surface area (Å²) in [6.07, 6.45) is 0.697. The Bertz CT molecular complexity index is 352. The molecule has 0 aromatic heterocycles. The minimum absolute atomic E-state index is 0.582. The molecule has 0 aliphatic rings. The summed E-state index contributed by atoms with van der Waals surface area (Å²) in [6, 6.07) is 5.60. The largest absolute Gasteiger partial charge is 0.330 e. The van der Waals surface area contributed by atoms with Crippen molar-refractivity contribution in [2.24, 2.45) is 5.73 Å². The first-order chi connectivity index (χ1) is 6.24. The summed E-state index contributed by atoms with van der Waals surface area (Å²) in [7, 11) is 0. The second-order valence-corrected chi connectivity index (χ2v) is 3.79. The van der Waals surface area contributed by atoms with Gasteiger partial charge in [0.2, 0.25) is 0 Å². The molecule has 0 bridgehead atoms. The number of halogens is 2. The van der Waals surface area contributed by atoms with Crippen LogP contribution in [0.5, 0.6) is 0 Å². The van der Waals surface area contributed by atoms with Crippen LogP contribution in [-0.4, -0.2) is 6.54 Å². The minimum Gasteiger partial charge on any atom is -0.330 e. The van der Waals surface area contributed by atoms with Gasteiger partial charge in [0.1, 0.15) is 0 Å². The van der Waals surface area contributed by atoms with Crippen molar-refractivity contribution in [3.05, 3.63) is 33.3 Å². The molecule has 3 heteroatoms. The maximum Gasteiger partial charge on any atom is 0.0563 e. The number of rotatable bonds is 1. The standard InChI is InChI=1S/C10H9BrClN/c11-9-4-5-10(12)8(7-9)3-1-2-6-13/h4-5,7H,2,6,13H2. The lowest BCUT2D eigenvalue weighted by Gasteiger charge is -1.95. The lowest BCUT2D eigenvalue weighted by atomic mass is 10.2. The smallest absolute Gasteiger partial charge is 0.0563 e. The highest BCUT2D eigenvalue weighted by molar-refractivity contribution is 9.10. The van der Waals surface area contributed by atoms with Gasteiger partial charge in [-0.25, -0.2) is 0 Å². The molecule has 0 saturated carbocycles. The lowest BCUT2D eigenvalue weighted by Crippen LogP contribution is -1.95. The van der Waals surface area contributed by atoms with Crippen LogP contribution in [0.2, 0.25) is 5.02 Å². The van der Waals surface area contributed by atoms with Gasteiger partial charge >= 0.3 is 0 Å². The molecule has 13 heavy (non-hydrogen) atoms. The summed E-state index contributed by atoms with van der Waals surface area (Å²) in [4.78, 5) is 0. The molecule has 68 valence electrons. The highest BCUT2D eigenvalue weighted by Crippen LogP contribution is 2.19. The third-order valence-electron chi connectivity index (χ3n) is 1.42. The van der Waals surface area contributed by atoms with Gasteiger partial charge in [0.25, 0.3) is 0 Å². The summed E-state index contributed by atoms with van der Waals surface area (Å²) in [6.45, 7) is 0.582. The van der Waals surface area contributed by atoms with Gasteiger partial charge in [0.05, 0.1) is 5.02 Å². The van der Waals surface area contributed by atoms with Crippen LogP contribution in [-0.2, 0) is 0 Å². The number of nitrogens with two attached hydrogens (primary N) is 1. The second-order valence-electron chi connectivity index (χ2n) is 2.46. The van der Waals surface area contributed by atoms with E-state index in [4.69, 9.17) is 17.3 Å². The van der Waals surface area contributed by atoms with Crippen LogP contribution >= 0.6 is 27.5 Å². The monoisotopic (exact) mass is 257 g/mol. The van der Waals surface area contributed by atoms with Crippen molar-refractivity contribution >= 4 is 27.5 Å². The molecule has 0 atom stereocenters. The van der Waals surface area contributed by atoms with Crippen molar-refractivity contribution in [3.63, 3.8) is 0 Å². The molecule has 1 aromatic rings. The Balaban J connectivity index is 2.89. The Morgan fingerprint density at radius 1 is 1.46 bits per heavy atom. The SMILES string of the molecule is NCCC#Cc1cc(Br)ccc1Cl. The van der Waals surface area contributed by atoms with Crippen molar-refractivity contribution in [1.29, 1.82) is 0 Å². The molecular weight excluding hydrogens is 249 g/mol. The number of benzene rings is 1. The Kier molecular flexibility index (Phi) is 4.31. The average Bonchev–Trinajstić information content (AvgIpc) is 2.11. The van der Waals surface area contributed by atoms with E-state index in [0.29, 0.717) is 18.0 Å². The first-order valence-corrected chi connectivity index (χ1v) is 5.05. The van der Waals surface area contributed by atoms with Gasteiger partial charge in [-0.15, -0.1) is 0 Å². The molecule has 0 heterocycles. The zero-order valence-corrected chi connectivity index (χ0v) is 9.32. The van der Waals surface area contributed by atoms with Crippen molar-refractivity contribution in [2.75, 3.05) is 6.54 Å². The van der Waals surface area contributed by atoms with Crippen LogP contribution in [0.25, 0.3) is 0 Å². The molecule has 1 aromatic carbocycles. The Morgan fingerprint density at radius 3 is 2.92 bits per heavy atom. The van der Waals surface area contributed by atoms with Crippen LogP contribution in [0.15, 0.2) is 22.7 Å². The predicted octanol–water partition coefficient (Wildman–Crippen LogP) is 2.80. The molecule has 0 unspecified atom stereocenters. The fraction of sp³-hybridized carbons (Fsp3) is 0.200. The molecule has 0 saturated heterocycles. The summed E-state index contributed by atoms with van der Waals surface area (Å²) >= 11 is 9.27. The molecule has 2 N–H and O–H groups in total. The van der Waals surface area contributed by atoms with Crippen LogP contribution in [0.3, 0.4) is 0 Å². The maximum atomic E-state index is 5.92. The fourth-order valence-electron chi connectivity index (χ4n) is 0.823. The summed E-state index contributed by atoms with van der Waals surface area (Å²) in [5.74, 6) is 5.90. The van der Waals surface area contributed by atoms with E-state index >= 15 is 0 Å². The minimum atomic E-state index is 0.582. The van der Waals surface area contributed by atoms with Crippen LogP contribution in [0.4, 0.5) is 0 Å². The highest BCUT2D eigenvalue weighted by Gasteiger charge is 1.96. The fourth-order valence-corrected chi connectivity index (χ4v) is 1.35. The van der Waals surface area contributed by atoms with Gasteiger partial charge in [0, 0.05) is 23.0 Å². The van der Waals surface area contributed by atoms with E-state index in [1.807, 2.05) is 18.2 Å². The quantitative estimate of drug-likeness (QED) is 0.770. The molecule has 0 amide bonds. The zero-order chi connectivity index (χ0) is 9.68. The van der Waals surface area contributed by atoms with Crippen molar-refractivity contribution in [1.82, 2.24) is 0 Å². The molecule has 0 spiro atoms. The van der Waals surface area contributed by atoms with Gasteiger partial charge < -0.3 is 5.73 Å². The second kappa shape index (κ2) is 5.29. The lowest BCUT2D eigenvalue weighted by molar-refractivity contribution is 1.03. The van der Waals surface area contributed by atoms with Gasteiger partial charge in [0.15, 0.2) is 0 Å². The molecular formula is C10H9BrClN. The molecule has 0 aliphatic carbocycles. The van der Waals surface area contributed by atoms with E-state index < -0.39 is 0 Å². The molecule has 1 rings (SSSR count). The highest BCUT2D eigenvalue weighted by atomic mass is 79.9. The molecule has 0 radical (unpaired) electrons. The summed E-state index contributed by atoms with van der Waals surface area (Å²) in [5.41, 5.74) is 6.15. The van der Waals surface area contributed by atoms with Gasteiger partial charge in [-0.3, -0.25) is 0 Å². The van der Waals surface area contributed by atoms with E-state index in [-0.39, 0.29) is 0 Å². The number of hydrogen-bond donors (Lipinski definition) is 1. The average molecular weight is 259 g/mol. The van der Waals surface area contributed by atoms with Crippen molar-refractivity contribution in [2.45, 2.75) is 6.42 Å². The van der Waals surface area contributed by atoms with Gasteiger partial charge in [-0.05, 0) is 18.2 Å². The van der Waals surface area contributed by atoms with E-state index in [1.54, 1.807) is 0 Å². The maximum absolute atomic E-state index is 5.92. The topological polar surface area (TPSA) is 26.0 Å². The van der Waals surface area contributed by atoms with Crippen LogP contribution in [0, 0.1) is 11.8 Å². The summed E-state index contributed by atoms with van der Waals surface area (Å²) < 4.78 is 0.981. The van der Waals surface area contributed by atoms with Crippen molar-refractivity contribution in [3.8, 4) is 11.8 Å². The summed E-state index contributed by atoms with van der Waals surface area (Å²) in [5, 5.41) is 0.674. The Labute approximate surface area is 91.4 Å². The molecule has 1 nitrogen and oxygen atoms in total. The zero-order valence-electron chi connectivity index (χ0n) is 6.98. The normalized spacial score (nSPS) is 9.15. The molecule has 0 aliphatic heterocycles. The van der Waals surface area contributed by atoms with E-state index in [9.17, 15) is 0 Å². The van der Waals surface area contributed by atoms with Crippen LogP contribution < -0.4 is 5.73 Å². The molecule has 0 fully saturated rings. The van der Waals surface area contributed by atoms with E-state index in [1.165, 1.54) is 0 Å². The third-order valence-corrected chi connectivity index (χ3v) is 2.24. The first kappa shape index (κ1) is 10.6. The first-order valence-electron chi connectivity index (χ1n) is 3.88. The predicted molar refractivity (Wildman–Crippen MR) is 59.7 cm³/mol. The van der Waals surface area contributed by atoms with Gasteiger partial charge in [-0.1, -0.05) is 39.4 Å². The van der Waals surface area contributed by atoms with Gasteiger partial charge in [-0.2, -0.15) is 0 Å². The van der Waals surface area contributed by atoms with Crippen molar-refractivity contribution < 1.29 is 0 Å².